The van der Waals surface area contributed by atoms with E-state index in [4.69, 9.17) is 0 Å². The van der Waals surface area contributed by atoms with Crippen LogP contribution >= 0.6 is 0 Å². The van der Waals surface area contributed by atoms with Crippen LogP contribution in [0.4, 0.5) is 5.69 Å². The van der Waals surface area contributed by atoms with Gasteiger partial charge in [-0.1, -0.05) is 25.1 Å². The van der Waals surface area contributed by atoms with E-state index >= 15 is 0 Å². The molecule has 2 heterocycles. The number of aromatic amines is 1. The van der Waals surface area contributed by atoms with Crippen molar-refractivity contribution in [2.24, 2.45) is 0 Å². The van der Waals surface area contributed by atoms with Crippen molar-refractivity contribution in [1.29, 1.82) is 0 Å². The monoisotopic (exact) mass is 322 g/mol. The van der Waals surface area contributed by atoms with Crippen LogP contribution in [0.25, 0.3) is 10.9 Å². The molecule has 0 aliphatic carbocycles. The lowest BCUT2D eigenvalue weighted by molar-refractivity contribution is -0.116. The summed E-state index contributed by atoms with van der Waals surface area (Å²) in [5.41, 5.74) is 5.62. The molecule has 0 saturated heterocycles. The van der Waals surface area contributed by atoms with Gasteiger partial charge in [-0.15, -0.1) is 0 Å². The molecular formula is C19H22N4O. The third-order valence-electron chi connectivity index (χ3n) is 4.30. The molecule has 0 saturated carbocycles. The highest BCUT2D eigenvalue weighted by molar-refractivity contribution is 6.00. The Bertz CT molecular complexity index is 878. The number of hydrogen-bond acceptors (Lipinski definition) is 3. The molecule has 124 valence electrons. The van der Waals surface area contributed by atoms with E-state index in [9.17, 15) is 4.79 Å². The Hall–Kier alpha value is -2.69. The summed E-state index contributed by atoms with van der Waals surface area (Å²) >= 11 is 0. The van der Waals surface area contributed by atoms with Gasteiger partial charge >= 0.3 is 0 Å². The minimum Gasteiger partial charge on any atom is -0.324 e. The number of pyridine rings is 1. The van der Waals surface area contributed by atoms with E-state index in [2.05, 4.69) is 27.4 Å². The highest BCUT2D eigenvalue weighted by atomic mass is 16.1. The molecule has 0 radical (unpaired) electrons. The number of nitrogens with zero attached hydrogens (tertiary/aromatic N) is 2. The number of fused-ring (bicyclic) bond motifs is 1. The predicted octanol–water partition coefficient (Wildman–Crippen LogP) is 4.02. The van der Waals surface area contributed by atoms with Crippen LogP contribution in [-0.4, -0.2) is 21.1 Å². The van der Waals surface area contributed by atoms with Gasteiger partial charge in [-0.25, -0.2) is 0 Å². The molecular weight excluding hydrogens is 300 g/mol. The van der Waals surface area contributed by atoms with E-state index < -0.39 is 0 Å². The highest BCUT2D eigenvalue weighted by Gasteiger charge is 2.18. The van der Waals surface area contributed by atoms with Crippen LogP contribution in [-0.2, 0) is 4.79 Å². The Kier molecular flexibility index (Phi) is 4.34. The molecule has 5 heteroatoms. The van der Waals surface area contributed by atoms with Crippen molar-refractivity contribution in [2.75, 3.05) is 5.32 Å². The number of nitrogens with one attached hydrogen (secondary N) is 2. The second kappa shape index (κ2) is 6.43. The minimum absolute atomic E-state index is 0.0155. The number of amides is 1. The SMILES string of the molecule is Cc1ccc2cccc(NC(=O)CC(C)c3c(C)n[nH]c3C)c2n1. The van der Waals surface area contributed by atoms with Crippen LogP contribution in [0.3, 0.4) is 0 Å². The number of anilines is 1. The van der Waals surface area contributed by atoms with Crippen molar-refractivity contribution < 1.29 is 4.79 Å². The molecule has 2 aromatic heterocycles. The van der Waals surface area contributed by atoms with Crippen LogP contribution in [0.2, 0.25) is 0 Å². The van der Waals surface area contributed by atoms with Gasteiger partial charge in [-0.3, -0.25) is 14.9 Å². The Balaban J connectivity index is 1.79. The van der Waals surface area contributed by atoms with Crippen LogP contribution in [0.1, 0.15) is 41.9 Å². The molecule has 3 rings (SSSR count). The Morgan fingerprint density at radius 3 is 2.71 bits per heavy atom. The largest absolute Gasteiger partial charge is 0.324 e. The van der Waals surface area contributed by atoms with Gasteiger partial charge in [-0.05, 0) is 44.4 Å². The molecule has 1 amide bonds. The summed E-state index contributed by atoms with van der Waals surface area (Å²) in [6.45, 7) is 7.95. The van der Waals surface area contributed by atoms with E-state index in [1.54, 1.807) is 0 Å². The van der Waals surface area contributed by atoms with Gasteiger partial charge in [0.2, 0.25) is 5.91 Å². The Morgan fingerprint density at radius 1 is 1.21 bits per heavy atom. The normalized spacial score (nSPS) is 12.3. The molecule has 0 fully saturated rings. The topological polar surface area (TPSA) is 70.7 Å². The van der Waals surface area contributed by atoms with Gasteiger partial charge in [0.25, 0.3) is 0 Å². The first-order valence-electron chi connectivity index (χ1n) is 8.13. The molecule has 1 aromatic carbocycles. The van der Waals surface area contributed by atoms with Gasteiger partial charge in [0, 0.05) is 23.2 Å². The summed E-state index contributed by atoms with van der Waals surface area (Å²) < 4.78 is 0. The maximum Gasteiger partial charge on any atom is 0.225 e. The van der Waals surface area contributed by atoms with E-state index in [-0.39, 0.29) is 11.8 Å². The quantitative estimate of drug-likeness (QED) is 0.762. The Morgan fingerprint density at radius 2 is 2.00 bits per heavy atom. The molecule has 1 unspecified atom stereocenters. The first-order chi connectivity index (χ1) is 11.5. The lowest BCUT2D eigenvalue weighted by Crippen LogP contribution is -2.15. The molecule has 0 spiro atoms. The van der Waals surface area contributed by atoms with Crippen molar-refractivity contribution in [2.45, 2.75) is 40.0 Å². The first-order valence-corrected chi connectivity index (χ1v) is 8.13. The van der Waals surface area contributed by atoms with Crippen LogP contribution in [0.15, 0.2) is 30.3 Å². The number of benzene rings is 1. The number of carbonyl (C=O) groups is 1. The molecule has 5 nitrogen and oxygen atoms in total. The van der Waals surface area contributed by atoms with Crippen molar-refractivity contribution in [1.82, 2.24) is 15.2 Å². The summed E-state index contributed by atoms with van der Waals surface area (Å²) in [7, 11) is 0. The van der Waals surface area contributed by atoms with Gasteiger partial charge in [0.1, 0.15) is 0 Å². The van der Waals surface area contributed by atoms with Crippen molar-refractivity contribution in [3.05, 3.63) is 53.0 Å². The van der Waals surface area contributed by atoms with E-state index in [1.165, 1.54) is 0 Å². The van der Waals surface area contributed by atoms with E-state index in [0.717, 1.165) is 39.2 Å². The number of H-pyrrole nitrogens is 1. The maximum absolute atomic E-state index is 12.5. The predicted molar refractivity (Wildman–Crippen MR) is 96.2 cm³/mol. The fourth-order valence-corrected chi connectivity index (χ4v) is 3.21. The van der Waals surface area contributed by atoms with Crippen molar-refractivity contribution in [3.63, 3.8) is 0 Å². The summed E-state index contributed by atoms with van der Waals surface area (Å²) in [6, 6.07) is 9.82. The molecule has 2 N–H and O–H groups in total. The lowest BCUT2D eigenvalue weighted by Gasteiger charge is -2.13. The zero-order valence-electron chi connectivity index (χ0n) is 14.5. The standard InChI is InChI=1S/C19H22N4O/c1-11(18-13(3)22-23-14(18)4)10-17(24)21-16-7-5-6-15-9-8-12(2)20-19(15)16/h5-9,11H,10H2,1-4H3,(H,21,24)(H,22,23). The molecule has 1 atom stereocenters. The number of hydrogen-bond donors (Lipinski definition) is 2. The van der Waals surface area contributed by atoms with Crippen LogP contribution < -0.4 is 5.32 Å². The zero-order chi connectivity index (χ0) is 17.3. The zero-order valence-corrected chi connectivity index (χ0v) is 14.5. The number of aryl methyl sites for hydroxylation is 3. The smallest absolute Gasteiger partial charge is 0.225 e. The second-order valence-electron chi connectivity index (χ2n) is 6.33. The van der Waals surface area contributed by atoms with Gasteiger partial charge < -0.3 is 5.32 Å². The third-order valence-corrected chi connectivity index (χ3v) is 4.30. The van der Waals surface area contributed by atoms with Gasteiger partial charge in [0.05, 0.1) is 16.9 Å². The van der Waals surface area contributed by atoms with Gasteiger partial charge in [0.15, 0.2) is 0 Å². The van der Waals surface area contributed by atoms with Crippen LogP contribution in [0.5, 0.6) is 0 Å². The van der Waals surface area contributed by atoms with Crippen molar-refractivity contribution in [3.8, 4) is 0 Å². The number of para-hydroxylation sites is 1. The number of rotatable bonds is 4. The summed E-state index contributed by atoms with van der Waals surface area (Å²) in [5.74, 6) is 0.0896. The third kappa shape index (κ3) is 3.15. The summed E-state index contributed by atoms with van der Waals surface area (Å²) in [4.78, 5) is 17.1. The summed E-state index contributed by atoms with van der Waals surface area (Å²) in [5, 5.41) is 11.2. The first kappa shape index (κ1) is 16.2. The van der Waals surface area contributed by atoms with E-state index in [0.29, 0.717) is 6.42 Å². The average molecular weight is 322 g/mol. The van der Waals surface area contributed by atoms with Crippen LogP contribution in [0, 0.1) is 20.8 Å². The molecule has 24 heavy (non-hydrogen) atoms. The highest BCUT2D eigenvalue weighted by Crippen LogP contribution is 2.26. The fourth-order valence-electron chi connectivity index (χ4n) is 3.21. The van der Waals surface area contributed by atoms with Gasteiger partial charge in [-0.2, -0.15) is 5.10 Å². The molecule has 0 aliphatic heterocycles. The average Bonchev–Trinajstić information content (AvgIpc) is 2.86. The van der Waals surface area contributed by atoms with Crippen molar-refractivity contribution >= 4 is 22.5 Å². The molecule has 0 aliphatic rings. The second-order valence-corrected chi connectivity index (χ2v) is 6.33. The fraction of sp³-hybridized carbons (Fsp3) is 0.316. The number of carbonyl (C=O) groups excluding carboxylic acids is 1. The lowest BCUT2D eigenvalue weighted by atomic mass is 9.95. The Labute approximate surface area is 141 Å². The minimum atomic E-state index is -0.0155. The molecule has 0 bridgehead atoms. The molecule has 3 aromatic rings. The summed E-state index contributed by atoms with van der Waals surface area (Å²) in [6.07, 6.45) is 0.406. The van der Waals surface area contributed by atoms with E-state index in [1.807, 2.05) is 51.1 Å². The number of aromatic nitrogens is 3. The maximum atomic E-state index is 12.5.